The number of hydrogen-bond donors (Lipinski definition) is 0. The smallest absolute Gasteiger partial charge is 0.269 e. The molecule has 0 aromatic heterocycles. The molecule has 0 saturated carbocycles. The molecule has 2 unspecified atom stereocenters. The minimum Gasteiger partial charge on any atom is -0.293 e. The molecule has 0 aliphatic heterocycles. The van der Waals surface area contributed by atoms with Crippen molar-refractivity contribution in [3.63, 3.8) is 0 Å². The molecule has 2 aromatic carbocycles. The molecule has 7 nitrogen and oxygen atoms in total. The summed E-state index contributed by atoms with van der Waals surface area (Å²) in [5.74, 6) is -1.02. The summed E-state index contributed by atoms with van der Waals surface area (Å²) in [4.78, 5) is 32.4. The van der Waals surface area contributed by atoms with Gasteiger partial charge in [-0.05, 0) is 5.56 Å². The summed E-state index contributed by atoms with van der Waals surface area (Å²) in [6, 6.07) is 13.9. The maximum Gasteiger partial charge on any atom is 0.269 e. The molecule has 2 rings (SSSR count). The number of Topliss-reactive ketones (excluding diaryl/α,β-unsaturated/α-hetero) is 1. The van der Waals surface area contributed by atoms with Crippen LogP contribution in [0.1, 0.15) is 21.8 Å². The maximum atomic E-state index is 12.5. The molecule has 0 saturated heterocycles. The van der Waals surface area contributed by atoms with Crippen LogP contribution in [0.25, 0.3) is 0 Å². The predicted octanol–water partition coefficient (Wildman–Crippen LogP) is 3.60. The molecule has 24 heavy (non-hydrogen) atoms. The van der Waals surface area contributed by atoms with Gasteiger partial charge >= 0.3 is 0 Å². The van der Waals surface area contributed by atoms with Crippen molar-refractivity contribution in [2.45, 2.75) is 10.7 Å². The minimum atomic E-state index is -0.813. The van der Waals surface area contributed by atoms with E-state index >= 15 is 0 Å². The predicted molar refractivity (Wildman–Crippen MR) is 91.2 cm³/mol. The van der Waals surface area contributed by atoms with Gasteiger partial charge in [0.15, 0.2) is 5.78 Å². The molecule has 0 N–H and O–H groups in total. The van der Waals surface area contributed by atoms with Gasteiger partial charge in [0.2, 0.25) is 6.54 Å². The van der Waals surface area contributed by atoms with Gasteiger partial charge in [0, 0.05) is 22.6 Å². The third kappa shape index (κ3) is 4.23. The van der Waals surface area contributed by atoms with Gasteiger partial charge in [0.25, 0.3) is 5.69 Å². The molecule has 0 aliphatic carbocycles. The lowest BCUT2D eigenvalue weighted by Crippen LogP contribution is -2.28. The Kier molecular flexibility index (Phi) is 5.75. The summed E-state index contributed by atoms with van der Waals surface area (Å²) in [6.07, 6.45) is 0. The highest BCUT2D eigenvalue weighted by Crippen LogP contribution is 2.29. The summed E-state index contributed by atoms with van der Waals surface area (Å²) in [5.41, 5.74) is 0.817. The highest BCUT2D eigenvalue weighted by atomic mass is 79.9. The number of carbonyl (C=O) groups is 1. The monoisotopic (exact) mass is 392 g/mol. The van der Waals surface area contributed by atoms with Crippen molar-refractivity contribution >= 4 is 27.4 Å². The van der Waals surface area contributed by atoms with E-state index in [0.717, 1.165) is 0 Å². The van der Waals surface area contributed by atoms with E-state index < -0.39 is 27.1 Å². The van der Waals surface area contributed by atoms with Crippen LogP contribution in [0.2, 0.25) is 0 Å². The highest BCUT2D eigenvalue weighted by Gasteiger charge is 2.32. The first-order valence-electron chi connectivity index (χ1n) is 6.99. The van der Waals surface area contributed by atoms with Crippen molar-refractivity contribution in [3.8, 4) is 0 Å². The number of nitro groups is 2. The van der Waals surface area contributed by atoms with Crippen LogP contribution in [0.15, 0.2) is 54.6 Å². The second-order valence-corrected chi connectivity index (χ2v) is 6.09. The van der Waals surface area contributed by atoms with Crippen LogP contribution in [-0.4, -0.2) is 27.0 Å². The van der Waals surface area contributed by atoms with E-state index in [1.807, 2.05) is 0 Å². The largest absolute Gasteiger partial charge is 0.293 e. The number of hydrogen-bond acceptors (Lipinski definition) is 5. The quantitative estimate of drug-likeness (QED) is 0.309. The summed E-state index contributed by atoms with van der Waals surface area (Å²) < 4.78 is 0. The highest BCUT2D eigenvalue weighted by molar-refractivity contribution is 9.10. The summed E-state index contributed by atoms with van der Waals surface area (Å²) in [5, 5.41) is 21.7. The third-order valence-corrected chi connectivity index (χ3v) is 4.59. The van der Waals surface area contributed by atoms with Crippen LogP contribution >= 0.6 is 15.9 Å². The number of benzene rings is 2. The zero-order chi connectivity index (χ0) is 17.7. The molecule has 0 spiro atoms. The molecule has 0 fully saturated rings. The van der Waals surface area contributed by atoms with Gasteiger partial charge in [-0.1, -0.05) is 58.4 Å². The van der Waals surface area contributed by atoms with Crippen LogP contribution in [0, 0.1) is 20.2 Å². The van der Waals surface area contributed by atoms with Gasteiger partial charge < -0.3 is 0 Å². The van der Waals surface area contributed by atoms with Crippen LogP contribution < -0.4 is 0 Å². The average Bonchev–Trinajstić information content (AvgIpc) is 2.59. The third-order valence-electron chi connectivity index (χ3n) is 3.54. The summed E-state index contributed by atoms with van der Waals surface area (Å²) >= 11 is 3.27. The molecule has 2 atom stereocenters. The van der Waals surface area contributed by atoms with Gasteiger partial charge in [-0.2, -0.15) is 0 Å². The molecule has 0 aliphatic rings. The fourth-order valence-corrected chi connectivity index (χ4v) is 3.05. The number of halogens is 1. The summed E-state index contributed by atoms with van der Waals surface area (Å²) in [7, 11) is 0. The van der Waals surface area contributed by atoms with E-state index in [1.54, 1.807) is 30.3 Å². The Bertz CT molecular complexity index is 749. The first-order chi connectivity index (χ1) is 11.4. The molecule has 0 bridgehead atoms. The first-order valence-corrected chi connectivity index (χ1v) is 7.91. The molecule has 8 heteroatoms. The van der Waals surface area contributed by atoms with E-state index in [2.05, 4.69) is 15.9 Å². The second kappa shape index (κ2) is 7.78. The van der Waals surface area contributed by atoms with Gasteiger partial charge in [0.05, 0.1) is 15.7 Å². The topological polar surface area (TPSA) is 103 Å². The van der Waals surface area contributed by atoms with Crippen molar-refractivity contribution in [2.75, 3.05) is 6.54 Å². The minimum absolute atomic E-state index is 0.112. The molecule has 0 radical (unpaired) electrons. The molecular weight excluding hydrogens is 380 g/mol. The standard InChI is InChI=1S/C16H13BrN2O5/c17-15(16(20)12-4-2-1-3-5-12)14(10-18(21)22)11-6-8-13(9-7-11)19(23)24/h1-9,14-15H,10H2. The van der Waals surface area contributed by atoms with Gasteiger partial charge in [-0.25, -0.2) is 0 Å². The number of rotatable bonds is 7. The second-order valence-electron chi connectivity index (χ2n) is 5.10. The first kappa shape index (κ1) is 17.7. The number of carbonyl (C=O) groups excluding carboxylic acids is 1. The Morgan fingerprint density at radius 3 is 2.08 bits per heavy atom. The van der Waals surface area contributed by atoms with Gasteiger partial charge in [0.1, 0.15) is 0 Å². The number of alkyl halides is 1. The van der Waals surface area contributed by atoms with Crippen molar-refractivity contribution < 1.29 is 14.6 Å². The maximum absolute atomic E-state index is 12.5. The lowest BCUT2D eigenvalue weighted by Gasteiger charge is -2.18. The van der Waals surface area contributed by atoms with E-state index in [0.29, 0.717) is 11.1 Å². The van der Waals surface area contributed by atoms with Crippen LogP contribution in [0.4, 0.5) is 5.69 Å². The number of nitro benzene ring substituents is 1. The Hall–Kier alpha value is -2.61. The average molecular weight is 393 g/mol. The fourth-order valence-electron chi connectivity index (χ4n) is 2.32. The zero-order valence-electron chi connectivity index (χ0n) is 12.4. The zero-order valence-corrected chi connectivity index (χ0v) is 14.0. The van der Waals surface area contributed by atoms with E-state index in [4.69, 9.17) is 0 Å². The Labute approximate surface area is 145 Å². The van der Waals surface area contributed by atoms with Crippen molar-refractivity contribution in [2.24, 2.45) is 0 Å². The fraction of sp³-hybridized carbons (Fsp3) is 0.188. The van der Waals surface area contributed by atoms with E-state index in [1.165, 1.54) is 24.3 Å². The Morgan fingerprint density at radius 1 is 1.00 bits per heavy atom. The molecular formula is C16H13BrN2O5. The van der Waals surface area contributed by atoms with Crippen LogP contribution in [0.3, 0.4) is 0 Å². The SMILES string of the molecule is O=C(c1ccccc1)C(Br)C(C[N+](=O)[O-])c1ccc([N+](=O)[O-])cc1. The van der Waals surface area contributed by atoms with Crippen LogP contribution in [0.5, 0.6) is 0 Å². The van der Waals surface area contributed by atoms with Crippen molar-refractivity contribution in [1.82, 2.24) is 0 Å². The Balaban J connectivity index is 2.32. The number of non-ortho nitro benzene ring substituents is 1. The van der Waals surface area contributed by atoms with Crippen molar-refractivity contribution in [3.05, 3.63) is 86.0 Å². The molecule has 0 amide bonds. The number of ketones is 1. The normalized spacial score (nSPS) is 13.0. The van der Waals surface area contributed by atoms with Gasteiger partial charge in [-0.3, -0.25) is 25.0 Å². The van der Waals surface area contributed by atoms with E-state index in [-0.39, 0.29) is 11.5 Å². The van der Waals surface area contributed by atoms with Crippen LogP contribution in [-0.2, 0) is 0 Å². The van der Waals surface area contributed by atoms with E-state index in [9.17, 15) is 25.0 Å². The molecule has 0 heterocycles. The lowest BCUT2D eigenvalue weighted by atomic mass is 9.91. The van der Waals surface area contributed by atoms with Crippen molar-refractivity contribution in [1.29, 1.82) is 0 Å². The Morgan fingerprint density at radius 2 is 1.58 bits per heavy atom. The molecule has 2 aromatic rings. The van der Waals surface area contributed by atoms with Gasteiger partial charge in [-0.15, -0.1) is 0 Å². The summed E-state index contributed by atoms with van der Waals surface area (Å²) in [6.45, 7) is -0.466. The lowest BCUT2D eigenvalue weighted by molar-refractivity contribution is -0.483. The molecule has 124 valence electrons. The number of nitrogens with zero attached hydrogens (tertiary/aromatic N) is 2.